The lowest BCUT2D eigenvalue weighted by molar-refractivity contribution is 0.737. The maximum Gasteiger partial charge on any atom is 0.0768 e. The van der Waals surface area contributed by atoms with Gasteiger partial charge >= 0.3 is 0 Å². The zero-order chi connectivity index (χ0) is 11.0. The Morgan fingerprint density at radius 1 is 1.00 bits per heavy atom. The summed E-state index contributed by atoms with van der Waals surface area (Å²) in [6.07, 6.45) is 2.00. The minimum absolute atomic E-state index is 0. The number of hydrogen-bond donors (Lipinski definition) is 0. The van der Waals surface area contributed by atoms with Crippen molar-refractivity contribution in [2.75, 3.05) is 7.36 Å². The largest absolute Gasteiger partial charge is 0.0901 e. The van der Waals surface area contributed by atoms with Crippen LogP contribution < -0.4 is 0 Å². The summed E-state index contributed by atoms with van der Waals surface area (Å²) in [6, 6.07) is 0. The Balaban J connectivity index is -0.0000000220. The molecule has 0 bridgehead atoms. The average molecular weight is 526 g/mol. The summed E-state index contributed by atoms with van der Waals surface area (Å²) in [4.78, 5) is 1.97. The van der Waals surface area contributed by atoms with Gasteiger partial charge in [-0.15, -0.1) is 0 Å². The minimum Gasteiger partial charge on any atom is -0.0901 e. The van der Waals surface area contributed by atoms with Gasteiger partial charge in [-0.25, -0.2) is 0 Å². The highest BCUT2D eigenvalue weighted by Gasteiger charge is 1.68. The molecule has 0 N–H and O–H groups in total. The van der Waals surface area contributed by atoms with Crippen LogP contribution in [0.1, 0.15) is 34.6 Å². The molecule has 0 atom stereocenters. The van der Waals surface area contributed by atoms with Crippen molar-refractivity contribution in [2.45, 2.75) is 34.6 Å². The first-order valence-electron chi connectivity index (χ1n) is 3.80. The second kappa shape index (κ2) is 47.9. The Morgan fingerprint density at radius 2 is 1.00 bits per heavy atom. The van der Waals surface area contributed by atoms with E-state index in [4.69, 9.17) is 0 Å². The van der Waals surface area contributed by atoms with Gasteiger partial charge in [0.25, 0.3) is 0 Å². The van der Waals surface area contributed by atoms with Gasteiger partial charge in [0.1, 0.15) is 0 Å². The van der Waals surface area contributed by atoms with E-state index in [-0.39, 0.29) is 8.41 Å². The lowest BCUT2D eigenvalue weighted by Gasteiger charge is -1.79. The van der Waals surface area contributed by atoms with Gasteiger partial charge in [-0.3, -0.25) is 0 Å². The molecular weight excluding hydrogens is 500 g/mol. The molecule has 0 aromatic carbocycles. The Kier molecular flexibility index (Phi) is 109. The predicted octanol–water partition coefficient (Wildman–Crippen LogP) is 4.31. The third kappa shape index (κ3) is 460. The molecule has 0 saturated heterocycles. The maximum atomic E-state index is 2.28. The maximum absolute atomic E-state index is 2.28. The highest BCUT2D eigenvalue weighted by atomic mass is 127. The SMILES string of the molecule is CC(C)C.CI.C[CH+]C.ICI.[BH4-]. The van der Waals surface area contributed by atoms with E-state index in [2.05, 4.69) is 88.5 Å². The van der Waals surface area contributed by atoms with Gasteiger partial charge in [0, 0.05) is 0 Å². The molecule has 0 aromatic heterocycles. The van der Waals surface area contributed by atoms with Crippen molar-refractivity contribution in [1.82, 2.24) is 0 Å². The molecule has 0 spiro atoms. The van der Waals surface area contributed by atoms with E-state index in [0.29, 0.717) is 0 Å². The van der Waals surface area contributed by atoms with Crippen molar-refractivity contribution >= 4 is 76.2 Å². The van der Waals surface area contributed by atoms with E-state index in [0.717, 1.165) is 5.92 Å². The van der Waals surface area contributed by atoms with Crippen LogP contribution in [-0.4, -0.2) is 15.8 Å². The van der Waals surface area contributed by atoms with Crippen LogP contribution in [0.5, 0.6) is 0 Å². The zero-order valence-electron chi connectivity index (χ0n) is 9.00. The fraction of sp³-hybridized carbons (Fsp3) is 0.889. The minimum atomic E-state index is 0. The Hall–Kier alpha value is 2.12. The van der Waals surface area contributed by atoms with Crippen LogP contribution in [0.15, 0.2) is 0 Å². The van der Waals surface area contributed by atoms with Crippen LogP contribution in [0, 0.1) is 12.3 Å². The second-order valence-electron chi connectivity index (χ2n) is 2.41. The quantitative estimate of drug-likeness (QED) is 0.191. The van der Waals surface area contributed by atoms with Crippen molar-refractivity contribution in [3.05, 3.63) is 6.42 Å². The summed E-state index contributed by atoms with van der Waals surface area (Å²) in [6.45, 7) is 10.5. The highest BCUT2D eigenvalue weighted by Crippen LogP contribution is 1.86. The lowest BCUT2D eigenvalue weighted by Crippen LogP contribution is -1.66. The molecule has 0 saturated carbocycles. The van der Waals surface area contributed by atoms with Crippen molar-refractivity contribution in [3.63, 3.8) is 0 Å². The first-order valence-corrected chi connectivity index (χ1v) is 9.01. The second-order valence-corrected chi connectivity index (χ2v) is 6.86. The molecule has 0 aromatic rings. The molecule has 0 unspecified atom stereocenters. The summed E-state index contributed by atoms with van der Waals surface area (Å²) in [5.74, 6) is 0.833. The van der Waals surface area contributed by atoms with Gasteiger partial charge in [0.05, 0.1) is 22.7 Å². The van der Waals surface area contributed by atoms with Gasteiger partial charge in [0.15, 0.2) is 0 Å². The lowest BCUT2D eigenvalue weighted by atomic mass is 10.3. The molecule has 86 valence electrons. The summed E-state index contributed by atoms with van der Waals surface area (Å²) in [7, 11) is 0. The molecular formula is C9H26BI3. The van der Waals surface area contributed by atoms with Crippen LogP contribution in [0.2, 0.25) is 0 Å². The molecule has 0 fully saturated rings. The smallest absolute Gasteiger partial charge is 0.0768 e. The van der Waals surface area contributed by atoms with E-state index in [1.54, 1.807) is 0 Å². The predicted molar refractivity (Wildman–Crippen MR) is 100 cm³/mol. The molecule has 0 aliphatic carbocycles. The standard InChI is InChI=1S/C4H10.C3H7.CH2I2.CH3I.BH4/c1-4(2)3;1-3-2;2-1-3;1-2;/h4H,1-3H3;3H,1-2H3;1H2;1H3;1H4/q;+1;;;-1. The number of rotatable bonds is 0. The van der Waals surface area contributed by atoms with Gasteiger partial charge in [-0.1, -0.05) is 97.0 Å². The normalized spacial score (nSPS) is 5.69. The molecule has 0 rings (SSSR count). The Bertz CT molecular complexity index is 31.3. The summed E-state index contributed by atoms with van der Waals surface area (Å²) in [5, 5.41) is 0. The zero-order valence-corrected chi connectivity index (χ0v) is 15.5. The molecule has 0 aliphatic rings. The van der Waals surface area contributed by atoms with E-state index in [1.807, 2.05) is 25.2 Å². The summed E-state index contributed by atoms with van der Waals surface area (Å²) >= 11 is 6.70. The van der Waals surface area contributed by atoms with Crippen LogP contribution in [-0.2, 0) is 0 Å². The Labute approximate surface area is 129 Å². The van der Waals surface area contributed by atoms with E-state index in [1.165, 1.54) is 2.43 Å². The molecule has 0 radical (unpaired) electrons. The van der Waals surface area contributed by atoms with E-state index < -0.39 is 0 Å². The summed E-state index contributed by atoms with van der Waals surface area (Å²) < 4.78 is 1.19. The monoisotopic (exact) mass is 526 g/mol. The van der Waals surface area contributed by atoms with Crippen LogP contribution in [0.4, 0.5) is 0 Å². The number of hydrogen-bond acceptors (Lipinski definition) is 0. The fourth-order valence-electron chi connectivity index (χ4n) is 0. The highest BCUT2D eigenvalue weighted by molar-refractivity contribution is 14.2. The van der Waals surface area contributed by atoms with E-state index in [9.17, 15) is 0 Å². The molecule has 0 aliphatic heterocycles. The molecule has 0 heterocycles. The molecule has 4 heteroatoms. The molecule has 0 nitrogen and oxygen atoms in total. The first kappa shape index (κ1) is 29.4. The summed E-state index contributed by atoms with van der Waals surface area (Å²) in [5.41, 5.74) is 0. The van der Waals surface area contributed by atoms with Crippen molar-refractivity contribution < 1.29 is 0 Å². The first-order chi connectivity index (χ1) is 5.56. The van der Waals surface area contributed by atoms with Crippen molar-refractivity contribution in [3.8, 4) is 0 Å². The van der Waals surface area contributed by atoms with E-state index >= 15 is 0 Å². The van der Waals surface area contributed by atoms with Gasteiger partial charge < -0.3 is 0 Å². The fourth-order valence-corrected chi connectivity index (χ4v) is 0. The number of alkyl halides is 3. The van der Waals surface area contributed by atoms with Crippen molar-refractivity contribution in [1.29, 1.82) is 0 Å². The third-order valence-electron chi connectivity index (χ3n) is 0. The Morgan fingerprint density at radius 3 is 1.00 bits per heavy atom. The van der Waals surface area contributed by atoms with Crippen LogP contribution in [0.25, 0.3) is 0 Å². The van der Waals surface area contributed by atoms with Gasteiger partial charge in [-0.05, 0) is 10.8 Å². The molecule has 0 amide bonds. The van der Waals surface area contributed by atoms with Gasteiger partial charge in [0.2, 0.25) is 0 Å². The van der Waals surface area contributed by atoms with Crippen LogP contribution >= 0.6 is 67.8 Å². The number of halogens is 3. The topological polar surface area (TPSA) is 0 Å². The van der Waals surface area contributed by atoms with Crippen LogP contribution in [0.3, 0.4) is 0 Å². The van der Waals surface area contributed by atoms with Crippen molar-refractivity contribution in [2.24, 2.45) is 5.92 Å². The van der Waals surface area contributed by atoms with Gasteiger partial charge in [-0.2, -0.15) is 0 Å². The average Bonchev–Trinajstić information content (AvgIpc) is 1.92. The molecule has 13 heavy (non-hydrogen) atoms. The third-order valence-corrected chi connectivity index (χ3v) is 0.